The van der Waals surface area contributed by atoms with Gasteiger partial charge >= 0.3 is 0 Å². The Morgan fingerprint density at radius 1 is 1.40 bits per heavy atom. The zero-order valence-corrected chi connectivity index (χ0v) is 15.5. The molecule has 1 atom stereocenters. The Kier molecular flexibility index (Phi) is 5.80. The molecule has 1 saturated heterocycles. The molecule has 0 radical (unpaired) electrons. The molecule has 3 rings (SSSR count). The quantitative estimate of drug-likeness (QED) is 0.823. The average Bonchev–Trinajstić information content (AvgIpc) is 3.01. The van der Waals surface area contributed by atoms with Crippen molar-refractivity contribution in [3.8, 4) is 0 Å². The molecule has 1 aliphatic heterocycles. The number of carbonyl (C=O) groups excluding carboxylic acids is 1. The Labute approximate surface area is 151 Å². The minimum absolute atomic E-state index is 0.0350. The maximum Gasteiger partial charge on any atom is 0.263 e. The van der Waals surface area contributed by atoms with Crippen molar-refractivity contribution < 1.29 is 4.79 Å². The van der Waals surface area contributed by atoms with E-state index in [1.807, 2.05) is 19.9 Å². The van der Waals surface area contributed by atoms with E-state index in [2.05, 4.69) is 30.5 Å². The molecule has 8 heteroatoms. The van der Waals surface area contributed by atoms with Crippen molar-refractivity contribution in [2.75, 3.05) is 36.4 Å². The molecular weight excluding hydrogens is 336 g/mol. The molecule has 0 aliphatic carbocycles. The predicted octanol–water partition coefficient (Wildman–Crippen LogP) is 2.32. The van der Waals surface area contributed by atoms with Gasteiger partial charge in [0.2, 0.25) is 5.95 Å². The highest BCUT2D eigenvalue weighted by Crippen LogP contribution is 2.23. The van der Waals surface area contributed by atoms with Crippen LogP contribution in [0.1, 0.15) is 35.1 Å². The number of amides is 1. The molecule has 0 aromatic carbocycles. The number of carbonyl (C=O) groups is 1. The second-order valence-corrected chi connectivity index (χ2v) is 7.18. The summed E-state index contributed by atoms with van der Waals surface area (Å²) in [7, 11) is 0. The largest absolute Gasteiger partial charge is 0.362 e. The molecule has 1 aliphatic rings. The summed E-state index contributed by atoms with van der Waals surface area (Å²) in [4.78, 5) is 28.4. The van der Waals surface area contributed by atoms with Crippen molar-refractivity contribution in [2.45, 2.75) is 26.7 Å². The molecule has 2 aromatic heterocycles. The van der Waals surface area contributed by atoms with Gasteiger partial charge in [0.25, 0.3) is 5.91 Å². The SMILES string of the molecule is CCNc1nc(C)c(C(=O)NC[C@@H]2CCCN(c3ncccn3)C2)s1. The summed E-state index contributed by atoms with van der Waals surface area (Å²) in [5.41, 5.74) is 0.779. The minimum atomic E-state index is -0.0350. The Bertz CT molecular complexity index is 704. The second kappa shape index (κ2) is 8.24. The van der Waals surface area contributed by atoms with Crippen molar-refractivity contribution in [3.63, 3.8) is 0 Å². The smallest absolute Gasteiger partial charge is 0.263 e. The Morgan fingerprint density at radius 3 is 2.96 bits per heavy atom. The lowest BCUT2D eigenvalue weighted by Crippen LogP contribution is -2.41. The number of nitrogens with one attached hydrogen (secondary N) is 2. The van der Waals surface area contributed by atoms with E-state index in [9.17, 15) is 4.79 Å². The van der Waals surface area contributed by atoms with Gasteiger partial charge in [-0.3, -0.25) is 4.79 Å². The molecule has 3 heterocycles. The fourth-order valence-corrected chi connectivity index (χ4v) is 3.97. The predicted molar refractivity (Wildman–Crippen MR) is 100 cm³/mol. The van der Waals surface area contributed by atoms with Crippen LogP contribution < -0.4 is 15.5 Å². The summed E-state index contributed by atoms with van der Waals surface area (Å²) < 4.78 is 0. The molecule has 0 bridgehead atoms. The highest BCUT2D eigenvalue weighted by molar-refractivity contribution is 7.17. The van der Waals surface area contributed by atoms with Crippen LogP contribution in [0.4, 0.5) is 11.1 Å². The first-order chi connectivity index (χ1) is 12.2. The van der Waals surface area contributed by atoms with Crippen LogP contribution >= 0.6 is 11.3 Å². The summed E-state index contributed by atoms with van der Waals surface area (Å²) >= 11 is 1.41. The number of aryl methyl sites for hydroxylation is 1. The van der Waals surface area contributed by atoms with E-state index in [1.165, 1.54) is 11.3 Å². The molecule has 1 fully saturated rings. The van der Waals surface area contributed by atoms with Gasteiger partial charge in [0.1, 0.15) is 4.88 Å². The molecule has 2 N–H and O–H groups in total. The number of hydrogen-bond donors (Lipinski definition) is 2. The zero-order valence-electron chi connectivity index (χ0n) is 14.7. The van der Waals surface area contributed by atoms with Crippen LogP contribution in [-0.2, 0) is 0 Å². The fourth-order valence-electron chi connectivity index (χ4n) is 3.02. The Morgan fingerprint density at radius 2 is 2.20 bits per heavy atom. The molecule has 2 aromatic rings. The molecular formula is C17H24N6OS. The van der Waals surface area contributed by atoms with Crippen LogP contribution in [0.2, 0.25) is 0 Å². The van der Waals surface area contributed by atoms with Crippen LogP contribution in [0.25, 0.3) is 0 Å². The number of piperidine rings is 1. The van der Waals surface area contributed by atoms with Gasteiger partial charge in [-0.05, 0) is 38.7 Å². The second-order valence-electron chi connectivity index (χ2n) is 6.18. The van der Waals surface area contributed by atoms with Crippen LogP contribution in [0.5, 0.6) is 0 Å². The Balaban J connectivity index is 1.55. The maximum atomic E-state index is 12.5. The lowest BCUT2D eigenvalue weighted by atomic mass is 9.98. The van der Waals surface area contributed by atoms with Gasteiger partial charge in [0.05, 0.1) is 5.69 Å². The third-order valence-electron chi connectivity index (χ3n) is 4.24. The minimum Gasteiger partial charge on any atom is -0.362 e. The summed E-state index contributed by atoms with van der Waals surface area (Å²) in [6, 6.07) is 1.82. The molecule has 0 unspecified atom stereocenters. The highest BCUT2D eigenvalue weighted by Gasteiger charge is 2.23. The van der Waals surface area contributed by atoms with Gasteiger partial charge in [0, 0.05) is 38.6 Å². The lowest BCUT2D eigenvalue weighted by molar-refractivity contribution is 0.0949. The van der Waals surface area contributed by atoms with Gasteiger partial charge in [0.15, 0.2) is 5.13 Å². The van der Waals surface area contributed by atoms with Crippen LogP contribution in [-0.4, -0.2) is 47.0 Å². The summed E-state index contributed by atoms with van der Waals surface area (Å²) in [5.74, 6) is 1.14. The van der Waals surface area contributed by atoms with E-state index in [-0.39, 0.29) is 5.91 Å². The highest BCUT2D eigenvalue weighted by atomic mass is 32.1. The first-order valence-electron chi connectivity index (χ1n) is 8.68. The van der Waals surface area contributed by atoms with Crippen LogP contribution in [0.15, 0.2) is 18.5 Å². The first kappa shape index (κ1) is 17.6. The number of hydrogen-bond acceptors (Lipinski definition) is 7. The van der Waals surface area contributed by atoms with Crippen LogP contribution in [0, 0.1) is 12.8 Å². The number of rotatable bonds is 6. The first-order valence-corrected chi connectivity index (χ1v) is 9.50. The number of thiazole rings is 1. The van der Waals surface area contributed by atoms with Crippen molar-refractivity contribution in [1.82, 2.24) is 20.3 Å². The zero-order chi connectivity index (χ0) is 17.6. The Hall–Kier alpha value is -2.22. The fraction of sp³-hybridized carbons (Fsp3) is 0.529. The van der Waals surface area contributed by atoms with E-state index in [4.69, 9.17) is 0 Å². The van der Waals surface area contributed by atoms with Crippen LogP contribution in [0.3, 0.4) is 0 Å². The summed E-state index contributed by atoms with van der Waals surface area (Å²) in [6.45, 7) is 7.19. The molecule has 0 spiro atoms. The van der Waals surface area contributed by atoms with E-state index >= 15 is 0 Å². The van der Waals surface area contributed by atoms with Crippen molar-refractivity contribution >= 4 is 28.3 Å². The lowest BCUT2D eigenvalue weighted by Gasteiger charge is -2.32. The van der Waals surface area contributed by atoms with E-state index < -0.39 is 0 Å². The monoisotopic (exact) mass is 360 g/mol. The van der Waals surface area contributed by atoms with Gasteiger partial charge in [-0.15, -0.1) is 0 Å². The third kappa shape index (κ3) is 4.45. The maximum absolute atomic E-state index is 12.5. The number of aromatic nitrogens is 3. The molecule has 134 valence electrons. The standard InChI is InChI=1S/C17H24N6OS/c1-3-18-17-22-12(2)14(25-17)15(24)21-10-13-6-4-9-23(11-13)16-19-7-5-8-20-16/h5,7-8,13H,3-4,6,9-11H2,1-2H3,(H,18,22)(H,21,24)/t13-/m0/s1. The molecule has 1 amide bonds. The summed E-state index contributed by atoms with van der Waals surface area (Å²) in [6.07, 6.45) is 5.72. The topological polar surface area (TPSA) is 83.0 Å². The van der Waals surface area contributed by atoms with E-state index in [0.717, 1.165) is 49.2 Å². The third-order valence-corrected chi connectivity index (χ3v) is 5.35. The number of anilines is 2. The molecule has 0 saturated carbocycles. The molecule has 7 nitrogen and oxygen atoms in total. The van der Waals surface area contributed by atoms with Gasteiger partial charge in [-0.2, -0.15) is 0 Å². The van der Waals surface area contributed by atoms with Crippen molar-refractivity contribution in [2.24, 2.45) is 5.92 Å². The van der Waals surface area contributed by atoms with Crippen molar-refractivity contribution in [3.05, 3.63) is 29.0 Å². The van der Waals surface area contributed by atoms with E-state index in [1.54, 1.807) is 12.4 Å². The van der Waals surface area contributed by atoms with E-state index in [0.29, 0.717) is 17.3 Å². The molecule has 25 heavy (non-hydrogen) atoms. The average molecular weight is 360 g/mol. The van der Waals surface area contributed by atoms with Gasteiger partial charge in [-0.1, -0.05) is 11.3 Å². The summed E-state index contributed by atoms with van der Waals surface area (Å²) in [5, 5.41) is 7.03. The van der Waals surface area contributed by atoms with Gasteiger partial charge in [-0.25, -0.2) is 15.0 Å². The van der Waals surface area contributed by atoms with Crippen molar-refractivity contribution in [1.29, 1.82) is 0 Å². The normalized spacial score (nSPS) is 17.4. The number of nitrogens with zero attached hydrogens (tertiary/aromatic N) is 4. The van der Waals surface area contributed by atoms with Gasteiger partial charge < -0.3 is 15.5 Å².